The highest BCUT2D eigenvalue weighted by Crippen LogP contribution is 2.28. The predicted octanol–water partition coefficient (Wildman–Crippen LogP) is 2.23. The molecule has 36 heavy (non-hydrogen) atoms. The summed E-state index contributed by atoms with van der Waals surface area (Å²) in [4.78, 5) is 36.6. The molecule has 2 saturated heterocycles. The number of hydrogen-bond donors (Lipinski definition) is 3. The number of anilines is 1. The molecular weight excluding hydrogens is 456 g/mol. The van der Waals surface area contributed by atoms with E-state index in [9.17, 15) is 9.59 Å². The lowest BCUT2D eigenvalue weighted by Gasteiger charge is -2.28. The largest absolute Gasteiger partial charge is 0.378 e. The van der Waals surface area contributed by atoms with E-state index in [0.29, 0.717) is 37.4 Å². The molecule has 0 radical (unpaired) electrons. The van der Waals surface area contributed by atoms with E-state index in [0.717, 1.165) is 54.5 Å². The second-order valence-corrected chi connectivity index (χ2v) is 8.88. The van der Waals surface area contributed by atoms with Crippen LogP contribution in [0.1, 0.15) is 32.0 Å². The Labute approximate surface area is 209 Å². The first-order valence-electron chi connectivity index (χ1n) is 12.2. The third-order valence-electron chi connectivity index (χ3n) is 6.49. The van der Waals surface area contributed by atoms with Crippen LogP contribution < -0.4 is 16.0 Å². The van der Waals surface area contributed by atoms with Gasteiger partial charge in [-0.2, -0.15) is 0 Å². The average molecular weight is 487 g/mol. The first-order valence-corrected chi connectivity index (χ1v) is 12.2. The molecule has 4 heterocycles. The maximum Gasteiger partial charge on any atom is 0.254 e. The molecule has 1 aromatic carbocycles. The molecule has 0 bridgehead atoms. The molecule has 0 saturated carbocycles. The molecule has 4 N–H and O–H groups in total. The Kier molecular flexibility index (Phi) is 7.11. The summed E-state index contributed by atoms with van der Waals surface area (Å²) in [6.45, 7) is 5.76. The number of ether oxygens (including phenoxy) is 1. The summed E-state index contributed by atoms with van der Waals surface area (Å²) in [5.41, 5.74) is 10.3. The van der Waals surface area contributed by atoms with Crippen LogP contribution in [0, 0.1) is 0 Å². The van der Waals surface area contributed by atoms with E-state index in [4.69, 9.17) is 10.5 Å². The number of carbonyl (C=O) groups is 2. The molecule has 5 rings (SSSR count). The number of amides is 2. The number of aromatic nitrogens is 2. The van der Waals surface area contributed by atoms with Crippen molar-refractivity contribution in [3.05, 3.63) is 71.0 Å². The van der Waals surface area contributed by atoms with Gasteiger partial charge in [-0.05, 0) is 42.0 Å². The zero-order chi connectivity index (χ0) is 24.9. The van der Waals surface area contributed by atoms with Crippen LogP contribution in [0.15, 0.2) is 48.7 Å². The van der Waals surface area contributed by atoms with Crippen molar-refractivity contribution >= 4 is 29.8 Å². The summed E-state index contributed by atoms with van der Waals surface area (Å²) in [6, 6.07) is 13.2. The second-order valence-electron chi connectivity index (χ2n) is 8.88. The van der Waals surface area contributed by atoms with Crippen LogP contribution in [0.25, 0.3) is 23.4 Å². The van der Waals surface area contributed by atoms with Gasteiger partial charge in [0.15, 0.2) is 0 Å². The minimum atomic E-state index is -0.448. The van der Waals surface area contributed by atoms with Gasteiger partial charge >= 0.3 is 0 Å². The quantitative estimate of drug-likeness (QED) is 0.492. The maximum absolute atomic E-state index is 12.6. The number of pyridine rings is 1. The SMILES string of the molecule is NC(=O)c1cc(-c2ccnc(C=Cc3ccc(C(=O)N4CCOCC4)cc3)c2)[nH]c1N1CCNCC1. The zero-order valence-corrected chi connectivity index (χ0v) is 20.1. The summed E-state index contributed by atoms with van der Waals surface area (Å²) < 4.78 is 5.32. The fourth-order valence-corrected chi connectivity index (χ4v) is 4.50. The van der Waals surface area contributed by atoms with Crippen LogP contribution >= 0.6 is 0 Å². The van der Waals surface area contributed by atoms with Crippen molar-refractivity contribution in [1.82, 2.24) is 20.2 Å². The Hall–Kier alpha value is -3.95. The highest BCUT2D eigenvalue weighted by molar-refractivity contribution is 6.00. The molecule has 2 fully saturated rings. The van der Waals surface area contributed by atoms with Crippen molar-refractivity contribution in [3.8, 4) is 11.3 Å². The van der Waals surface area contributed by atoms with Crippen molar-refractivity contribution < 1.29 is 14.3 Å². The minimum absolute atomic E-state index is 0.0321. The first kappa shape index (κ1) is 23.8. The number of nitrogens with one attached hydrogen (secondary N) is 2. The first-order chi connectivity index (χ1) is 17.6. The van der Waals surface area contributed by atoms with Crippen LogP contribution in [0.2, 0.25) is 0 Å². The number of aromatic amines is 1. The second kappa shape index (κ2) is 10.8. The van der Waals surface area contributed by atoms with Gasteiger partial charge in [-0.15, -0.1) is 0 Å². The molecule has 2 aliphatic rings. The summed E-state index contributed by atoms with van der Waals surface area (Å²) in [6.07, 6.45) is 5.64. The smallest absolute Gasteiger partial charge is 0.254 e. The van der Waals surface area contributed by atoms with E-state index in [2.05, 4.69) is 20.2 Å². The van der Waals surface area contributed by atoms with E-state index in [1.165, 1.54) is 0 Å². The highest BCUT2D eigenvalue weighted by Gasteiger charge is 2.21. The van der Waals surface area contributed by atoms with Crippen molar-refractivity contribution in [2.75, 3.05) is 57.4 Å². The maximum atomic E-state index is 12.6. The minimum Gasteiger partial charge on any atom is -0.378 e. The van der Waals surface area contributed by atoms with Crippen LogP contribution in [-0.4, -0.2) is 79.2 Å². The number of primary amides is 1. The molecule has 0 atom stereocenters. The standard InChI is InChI=1S/C27H30N6O3/c28-25(34)23-18-24(31-26(23)32-11-9-29-10-12-32)21-7-8-30-22(17-21)6-3-19-1-4-20(5-2-19)27(35)33-13-15-36-16-14-33/h1-8,17-18,29,31H,9-16H2,(H2,28,34). The van der Waals surface area contributed by atoms with Crippen molar-refractivity contribution in [2.24, 2.45) is 5.73 Å². The summed E-state index contributed by atoms with van der Waals surface area (Å²) >= 11 is 0. The fourth-order valence-electron chi connectivity index (χ4n) is 4.50. The van der Waals surface area contributed by atoms with Gasteiger partial charge in [0, 0.05) is 62.3 Å². The Morgan fingerprint density at radius 3 is 2.44 bits per heavy atom. The van der Waals surface area contributed by atoms with Gasteiger partial charge < -0.3 is 30.6 Å². The number of H-pyrrole nitrogens is 1. The number of nitrogens with two attached hydrogens (primary N) is 1. The van der Waals surface area contributed by atoms with E-state index in [1.54, 1.807) is 6.20 Å². The van der Waals surface area contributed by atoms with Gasteiger partial charge in [0.2, 0.25) is 0 Å². The van der Waals surface area contributed by atoms with Gasteiger partial charge in [-0.1, -0.05) is 18.2 Å². The van der Waals surface area contributed by atoms with E-state index in [-0.39, 0.29) is 5.91 Å². The third kappa shape index (κ3) is 5.32. The molecule has 9 nitrogen and oxygen atoms in total. The van der Waals surface area contributed by atoms with Crippen LogP contribution in [0.4, 0.5) is 5.82 Å². The molecule has 9 heteroatoms. The molecule has 2 aromatic heterocycles. The molecule has 0 aliphatic carbocycles. The number of nitrogens with zero attached hydrogens (tertiary/aromatic N) is 3. The predicted molar refractivity (Wildman–Crippen MR) is 140 cm³/mol. The van der Waals surface area contributed by atoms with Crippen molar-refractivity contribution in [2.45, 2.75) is 0 Å². The monoisotopic (exact) mass is 486 g/mol. The molecular formula is C27H30N6O3. The average Bonchev–Trinajstić information content (AvgIpc) is 3.39. The van der Waals surface area contributed by atoms with Gasteiger partial charge in [-0.3, -0.25) is 14.6 Å². The number of hydrogen-bond acceptors (Lipinski definition) is 6. The molecule has 3 aromatic rings. The Morgan fingerprint density at radius 1 is 0.972 bits per heavy atom. The van der Waals surface area contributed by atoms with Crippen LogP contribution in [0.5, 0.6) is 0 Å². The lowest BCUT2D eigenvalue weighted by atomic mass is 10.1. The van der Waals surface area contributed by atoms with Gasteiger partial charge in [0.1, 0.15) is 5.82 Å². The molecule has 186 valence electrons. The number of benzene rings is 1. The van der Waals surface area contributed by atoms with Gasteiger partial charge in [0.25, 0.3) is 11.8 Å². The number of piperazine rings is 1. The van der Waals surface area contributed by atoms with E-state index in [1.807, 2.05) is 59.5 Å². The fraction of sp³-hybridized carbons (Fsp3) is 0.296. The molecule has 0 spiro atoms. The van der Waals surface area contributed by atoms with E-state index >= 15 is 0 Å². The topological polar surface area (TPSA) is 117 Å². The molecule has 2 aliphatic heterocycles. The zero-order valence-electron chi connectivity index (χ0n) is 20.1. The van der Waals surface area contributed by atoms with Crippen molar-refractivity contribution in [3.63, 3.8) is 0 Å². The van der Waals surface area contributed by atoms with Crippen LogP contribution in [-0.2, 0) is 4.74 Å². The van der Waals surface area contributed by atoms with Crippen LogP contribution in [0.3, 0.4) is 0 Å². The van der Waals surface area contributed by atoms with E-state index < -0.39 is 5.91 Å². The van der Waals surface area contributed by atoms with Gasteiger partial charge in [-0.25, -0.2) is 0 Å². The third-order valence-corrected chi connectivity index (χ3v) is 6.49. The highest BCUT2D eigenvalue weighted by atomic mass is 16.5. The normalized spacial score (nSPS) is 16.4. The van der Waals surface area contributed by atoms with Crippen molar-refractivity contribution in [1.29, 1.82) is 0 Å². The number of rotatable bonds is 6. The Balaban J connectivity index is 1.31. The molecule has 2 amide bonds. The molecule has 0 unspecified atom stereocenters. The Morgan fingerprint density at radius 2 is 1.72 bits per heavy atom. The summed E-state index contributed by atoms with van der Waals surface area (Å²) in [7, 11) is 0. The summed E-state index contributed by atoms with van der Waals surface area (Å²) in [5.74, 6) is 0.347. The Bertz CT molecular complexity index is 1250. The number of carbonyl (C=O) groups excluding carboxylic acids is 2. The van der Waals surface area contributed by atoms with Gasteiger partial charge in [0.05, 0.1) is 24.5 Å². The lowest BCUT2D eigenvalue weighted by molar-refractivity contribution is 0.0303. The number of morpholine rings is 1. The summed E-state index contributed by atoms with van der Waals surface area (Å²) in [5, 5.41) is 3.32. The lowest BCUT2D eigenvalue weighted by Crippen LogP contribution is -2.44.